The van der Waals surface area contributed by atoms with Gasteiger partial charge >= 0.3 is 0 Å². The lowest BCUT2D eigenvalue weighted by Crippen LogP contribution is -2.25. The van der Waals surface area contributed by atoms with Gasteiger partial charge in [-0.2, -0.15) is 0 Å². The van der Waals surface area contributed by atoms with Crippen molar-refractivity contribution in [2.45, 2.75) is 39.7 Å². The van der Waals surface area contributed by atoms with Crippen LogP contribution in [-0.4, -0.2) is 17.9 Å². The molecule has 0 saturated heterocycles. The molecular formula is C17H21NOS2. The number of nitrogens with zero attached hydrogens (tertiary/aromatic N) is 1. The summed E-state index contributed by atoms with van der Waals surface area (Å²) in [7, 11) is 1.91. The van der Waals surface area contributed by atoms with Crippen LogP contribution in [0.25, 0.3) is 0 Å². The van der Waals surface area contributed by atoms with Gasteiger partial charge in [-0.25, -0.2) is 0 Å². The molecule has 0 aliphatic heterocycles. The first kappa shape index (κ1) is 14.8. The van der Waals surface area contributed by atoms with Crippen LogP contribution in [0, 0.1) is 12.8 Å². The van der Waals surface area contributed by atoms with E-state index in [0.29, 0.717) is 6.54 Å². The molecule has 2 nitrogen and oxygen atoms in total. The summed E-state index contributed by atoms with van der Waals surface area (Å²) in [5.74, 6) is 0.913. The monoisotopic (exact) mass is 319 g/mol. The van der Waals surface area contributed by atoms with Crippen molar-refractivity contribution in [1.82, 2.24) is 4.90 Å². The average Bonchev–Trinajstić information content (AvgIpc) is 3.04. The van der Waals surface area contributed by atoms with E-state index in [2.05, 4.69) is 31.4 Å². The van der Waals surface area contributed by atoms with Crippen LogP contribution in [0.1, 0.15) is 43.9 Å². The first-order chi connectivity index (χ1) is 10.0. The number of hydrogen-bond donors (Lipinski definition) is 0. The summed E-state index contributed by atoms with van der Waals surface area (Å²) < 4.78 is 0. The van der Waals surface area contributed by atoms with Crippen LogP contribution < -0.4 is 0 Å². The molecule has 21 heavy (non-hydrogen) atoms. The Bertz CT molecular complexity index is 656. The molecule has 112 valence electrons. The van der Waals surface area contributed by atoms with Crippen molar-refractivity contribution in [3.63, 3.8) is 0 Å². The highest BCUT2D eigenvalue weighted by molar-refractivity contribution is 7.14. The van der Waals surface area contributed by atoms with Crippen LogP contribution in [-0.2, 0) is 19.4 Å². The molecule has 0 saturated carbocycles. The van der Waals surface area contributed by atoms with Crippen LogP contribution in [0.3, 0.4) is 0 Å². The molecule has 0 aromatic carbocycles. The van der Waals surface area contributed by atoms with Crippen molar-refractivity contribution in [3.8, 4) is 0 Å². The van der Waals surface area contributed by atoms with Crippen molar-refractivity contribution in [1.29, 1.82) is 0 Å². The average molecular weight is 319 g/mol. The topological polar surface area (TPSA) is 20.3 Å². The summed E-state index contributed by atoms with van der Waals surface area (Å²) in [5.41, 5.74) is 2.68. The Kier molecular flexibility index (Phi) is 4.18. The smallest absolute Gasteiger partial charge is 0.264 e. The van der Waals surface area contributed by atoms with Gasteiger partial charge in [0, 0.05) is 16.8 Å². The van der Waals surface area contributed by atoms with Gasteiger partial charge in [0.05, 0.1) is 11.4 Å². The molecule has 0 N–H and O–H groups in total. The molecule has 1 aliphatic rings. The Morgan fingerprint density at radius 2 is 2.29 bits per heavy atom. The van der Waals surface area contributed by atoms with E-state index >= 15 is 0 Å². The minimum Gasteiger partial charge on any atom is -0.336 e. The van der Waals surface area contributed by atoms with Crippen LogP contribution in [0.2, 0.25) is 0 Å². The van der Waals surface area contributed by atoms with Crippen LogP contribution >= 0.6 is 22.7 Å². The number of thiophene rings is 2. The fraction of sp³-hybridized carbons (Fsp3) is 0.471. The number of carbonyl (C=O) groups excluding carboxylic acids is 1. The van der Waals surface area contributed by atoms with Gasteiger partial charge in [-0.15, -0.1) is 22.7 Å². The predicted molar refractivity (Wildman–Crippen MR) is 90.4 cm³/mol. The van der Waals surface area contributed by atoms with Gasteiger partial charge in [0.15, 0.2) is 0 Å². The zero-order chi connectivity index (χ0) is 15.0. The number of fused-ring (bicyclic) bond motifs is 1. The number of carbonyl (C=O) groups is 1. The molecule has 1 aliphatic carbocycles. The van der Waals surface area contributed by atoms with E-state index in [1.165, 1.54) is 27.3 Å². The SMILES string of the molecule is Cc1ccsc1CN(C)C(=O)c1cc2c(s1)CC[C@@H](C)C2. The van der Waals surface area contributed by atoms with E-state index in [9.17, 15) is 4.79 Å². The lowest BCUT2D eigenvalue weighted by Gasteiger charge is -2.16. The second kappa shape index (κ2) is 5.93. The fourth-order valence-electron chi connectivity index (χ4n) is 2.85. The molecule has 0 fully saturated rings. The van der Waals surface area contributed by atoms with E-state index in [0.717, 1.165) is 23.6 Å². The van der Waals surface area contributed by atoms with E-state index in [-0.39, 0.29) is 5.91 Å². The Labute approximate surface area is 134 Å². The van der Waals surface area contributed by atoms with Crippen molar-refractivity contribution in [3.05, 3.63) is 43.3 Å². The molecule has 0 spiro atoms. The van der Waals surface area contributed by atoms with E-state index in [1.54, 1.807) is 22.7 Å². The van der Waals surface area contributed by atoms with Gasteiger partial charge in [-0.3, -0.25) is 4.79 Å². The maximum absolute atomic E-state index is 12.6. The zero-order valence-corrected chi connectivity index (χ0v) is 14.4. The minimum atomic E-state index is 0.162. The number of rotatable bonds is 3. The number of aryl methyl sites for hydroxylation is 2. The van der Waals surface area contributed by atoms with Crippen LogP contribution in [0.15, 0.2) is 17.5 Å². The van der Waals surface area contributed by atoms with Gasteiger partial charge < -0.3 is 4.90 Å². The number of hydrogen-bond acceptors (Lipinski definition) is 3. The lowest BCUT2D eigenvalue weighted by atomic mass is 9.90. The van der Waals surface area contributed by atoms with Crippen molar-refractivity contribution in [2.24, 2.45) is 5.92 Å². The van der Waals surface area contributed by atoms with Gasteiger partial charge in [0.2, 0.25) is 0 Å². The Balaban J connectivity index is 1.74. The van der Waals surface area contributed by atoms with E-state index < -0.39 is 0 Å². The van der Waals surface area contributed by atoms with Crippen LogP contribution in [0.4, 0.5) is 0 Å². The highest BCUT2D eigenvalue weighted by Gasteiger charge is 2.22. The number of amides is 1. The summed E-state index contributed by atoms with van der Waals surface area (Å²) in [6.07, 6.45) is 3.53. The van der Waals surface area contributed by atoms with Gasteiger partial charge in [0.1, 0.15) is 0 Å². The molecule has 0 radical (unpaired) electrons. The fourth-order valence-corrected chi connectivity index (χ4v) is 5.01. The molecule has 0 unspecified atom stereocenters. The molecule has 2 aromatic heterocycles. The minimum absolute atomic E-state index is 0.162. The van der Waals surface area contributed by atoms with Crippen molar-refractivity contribution >= 4 is 28.6 Å². The Morgan fingerprint density at radius 3 is 3.00 bits per heavy atom. The molecule has 3 rings (SSSR count). The normalized spacial score (nSPS) is 17.6. The molecular weight excluding hydrogens is 298 g/mol. The lowest BCUT2D eigenvalue weighted by molar-refractivity contribution is 0.0791. The van der Waals surface area contributed by atoms with Crippen molar-refractivity contribution in [2.75, 3.05) is 7.05 Å². The van der Waals surface area contributed by atoms with Gasteiger partial charge in [-0.1, -0.05) is 6.92 Å². The quantitative estimate of drug-likeness (QED) is 0.815. The maximum Gasteiger partial charge on any atom is 0.264 e. The van der Waals surface area contributed by atoms with Gasteiger partial charge in [-0.05, 0) is 60.7 Å². The van der Waals surface area contributed by atoms with E-state index in [1.807, 2.05) is 11.9 Å². The third kappa shape index (κ3) is 3.06. The molecule has 0 bridgehead atoms. The summed E-state index contributed by atoms with van der Waals surface area (Å²) in [6.45, 7) is 5.12. The second-order valence-electron chi connectivity index (χ2n) is 6.10. The van der Waals surface area contributed by atoms with Crippen LogP contribution in [0.5, 0.6) is 0 Å². The first-order valence-electron chi connectivity index (χ1n) is 7.44. The third-order valence-electron chi connectivity index (χ3n) is 4.24. The van der Waals surface area contributed by atoms with E-state index in [4.69, 9.17) is 0 Å². The van der Waals surface area contributed by atoms with Gasteiger partial charge in [0.25, 0.3) is 5.91 Å². The Morgan fingerprint density at radius 1 is 1.48 bits per heavy atom. The standard InChI is InChI=1S/C17H21NOS2/c1-11-4-5-14-13(8-11)9-15(21-14)17(19)18(3)10-16-12(2)6-7-20-16/h6-7,9,11H,4-5,8,10H2,1-3H3/t11-/m1/s1. The Hall–Kier alpha value is -1.13. The molecule has 1 atom stereocenters. The van der Waals surface area contributed by atoms with Crippen molar-refractivity contribution < 1.29 is 4.79 Å². The molecule has 4 heteroatoms. The highest BCUT2D eigenvalue weighted by atomic mass is 32.1. The summed E-state index contributed by atoms with van der Waals surface area (Å²) in [5, 5.41) is 2.09. The molecule has 1 amide bonds. The second-order valence-corrected chi connectivity index (χ2v) is 8.23. The first-order valence-corrected chi connectivity index (χ1v) is 9.14. The zero-order valence-electron chi connectivity index (χ0n) is 12.8. The predicted octanol–water partition coefficient (Wildman–Crippen LogP) is 4.52. The summed E-state index contributed by atoms with van der Waals surface area (Å²) in [4.78, 5) is 18.1. The summed E-state index contributed by atoms with van der Waals surface area (Å²) >= 11 is 3.43. The molecule has 2 heterocycles. The summed E-state index contributed by atoms with van der Waals surface area (Å²) in [6, 6.07) is 4.25. The maximum atomic E-state index is 12.6. The molecule has 2 aromatic rings. The highest BCUT2D eigenvalue weighted by Crippen LogP contribution is 2.33. The third-order valence-corrected chi connectivity index (χ3v) is 6.47. The largest absolute Gasteiger partial charge is 0.336 e.